The number of likely N-dealkylation sites (tertiary alicyclic amines) is 1. The van der Waals surface area contributed by atoms with Gasteiger partial charge in [-0.25, -0.2) is 14.4 Å². The zero-order valence-corrected chi connectivity index (χ0v) is 24.3. The molecule has 39 heavy (non-hydrogen) atoms. The van der Waals surface area contributed by atoms with Crippen LogP contribution in [0.5, 0.6) is 11.5 Å². The molecule has 1 fully saturated rings. The molecule has 0 bridgehead atoms. The smallest absolute Gasteiger partial charge is 0.165 e. The van der Waals surface area contributed by atoms with Crippen molar-refractivity contribution in [1.82, 2.24) is 24.7 Å². The van der Waals surface area contributed by atoms with Crippen molar-refractivity contribution >= 4 is 34.0 Å². The summed E-state index contributed by atoms with van der Waals surface area (Å²) in [5, 5.41) is 3.80. The number of fused-ring (bicyclic) bond motifs is 1. The molecule has 0 amide bonds. The molecule has 0 radical (unpaired) electrons. The third-order valence-electron chi connectivity index (χ3n) is 7.31. The van der Waals surface area contributed by atoms with Crippen LogP contribution in [-0.4, -0.2) is 97.8 Å². The Morgan fingerprint density at radius 3 is 2.69 bits per heavy atom. The van der Waals surface area contributed by atoms with Crippen LogP contribution in [0.1, 0.15) is 26.2 Å². The second kappa shape index (κ2) is 13.6. The Hall–Kier alpha value is -2.72. The van der Waals surface area contributed by atoms with Crippen LogP contribution in [0, 0.1) is 5.82 Å². The average Bonchev–Trinajstić information content (AvgIpc) is 3.26. The molecule has 3 aromatic rings. The Bertz CT molecular complexity index is 1250. The van der Waals surface area contributed by atoms with Crippen molar-refractivity contribution in [1.29, 1.82) is 0 Å². The van der Waals surface area contributed by atoms with E-state index >= 15 is 0 Å². The number of nitrogens with one attached hydrogen (secondary N) is 1. The minimum atomic E-state index is -0.533. The maximum Gasteiger partial charge on any atom is 0.165 e. The molecule has 8 nitrogen and oxygen atoms in total. The Balaban J connectivity index is 1.47. The first-order chi connectivity index (χ1) is 18.8. The van der Waals surface area contributed by atoms with E-state index in [1.807, 2.05) is 12.1 Å². The molecule has 0 spiro atoms. The van der Waals surface area contributed by atoms with Crippen LogP contribution < -0.4 is 14.8 Å². The summed E-state index contributed by atoms with van der Waals surface area (Å²) < 4.78 is 26.8. The highest BCUT2D eigenvalue weighted by Gasteiger charge is 2.32. The summed E-state index contributed by atoms with van der Waals surface area (Å²) in [6.45, 7) is 7.37. The highest BCUT2D eigenvalue weighted by Crippen LogP contribution is 2.37. The Morgan fingerprint density at radius 1 is 1.15 bits per heavy atom. The molecule has 1 saturated heterocycles. The van der Waals surface area contributed by atoms with E-state index in [0.717, 1.165) is 39.1 Å². The molecule has 2 heterocycles. The first-order valence-electron chi connectivity index (χ1n) is 13.6. The zero-order valence-electron chi connectivity index (χ0n) is 23.6. The van der Waals surface area contributed by atoms with Crippen LogP contribution in [-0.2, 0) is 0 Å². The third kappa shape index (κ3) is 7.48. The third-order valence-corrected chi connectivity index (χ3v) is 7.61. The lowest BCUT2D eigenvalue weighted by Crippen LogP contribution is -2.39. The predicted molar refractivity (Wildman–Crippen MR) is 156 cm³/mol. The maximum absolute atomic E-state index is 14.6. The molecule has 212 valence electrons. The number of halogens is 2. The van der Waals surface area contributed by atoms with Crippen LogP contribution in [0.25, 0.3) is 10.9 Å². The molecular formula is C29H40ClFN6O2. The van der Waals surface area contributed by atoms with Gasteiger partial charge in [-0.15, -0.1) is 0 Å². The quantitative estimate of drug-likeness (QED) is 0.284. The Labute approximate surface area is 236 Å². The summed E-state index contributed by atoms with van der Waals surface area (Å²) in [6.07, 6.45) is 4.79. The number of benzene rings is 2. The van der Waals surface area contributed by atoms with Crippen molar-refractivity contribution in [2.75, 3.05) is 66.3 Å². The van der Waals surface area contributed by atoms with Crippen molar-refractivity contribution in [3.05, 3.63) is 47.5 Å². The number of rotatable bonds is 13. The summed E-state index contributed by atoms with van der Waals surface area (Å²) in [5.41, 5.74) is 0.900. The maximum atomic E-state index is 14.6. The topological polar surface area (TPSA) is 66.0 Å². The van der Waals surface area contributed by atoms with Crippen LogP contribution >= 0.6 is 11.6 Å². The number of likely N-dealkylation sites (N-methyl/N-ethyl adjacent to an activating group) is 2. The molecule has 0 aliphatic carbocycles. The van der Waals surface area contributed by atoms with Crippen LogP contribution in [0.4, 0.5) is 15.9 Å². The lowest BCUT2D eigenvalue weighted by atomic mass is 10.1. The fourth-order valence-electron chi connectivity index (χ4n) is 5.09. The minimum Gasteiger partial charge on any atom is -0.493 e. The lowest BCUT2D eigenvalue weighted by molar-refractivity contribution is 0.193. The van der Waals surface area contributed by atoms with Gasteiger partial charge in [-0.1, -0.05) is 24.6 Å². The van der Waals surface area contributed by atoms with Gasteiger partial charge < -0.3 is 24.6 Å². The van der Waals surface area contributed by atoms with Crippen molar-refractivity contribution < 1.29 is 13.9 Å². The standard InChI is InChI=1S/C29H40ClFN6O2/c1-6-37(13-8-7-12-35(2)3)17-20-14-21(18-36(20)4)39-27-15-22-25(16-26(27)38-5)32-19-33-29(22)34-24-11-9-10-23(30)28(24)31/h9-11,15-16,19-21H,6-8,12-14,17-18H2,1-5H3,(H,32,33,34)/t20-,21?/m0/s1. The van der Waals surface area contributed by atoms with Gasteiger partial charge in [0.1, 0.15) is 18.2 Å². The number of unbranched alkanes of at least 4 members (excludes halogenated alkanes) is 1. The number of aromatic nitrogens is 2. The number of hydrogen-bond acceptors (Lipinski definition) is 8. The average molecular weight is 559 g/mol. The molecule has 1 aliphatic rings. The first kappa shape index (κ1) is 29.3. The summed E-state index contributed by atoms with van der Waals surface area (Å²) in [7, 11) is 8.04. The van der Waals surface area contributed by atoms with E-state index in [2.05, 4.69) is 58.1 Å². The number of methoxy groups -OCH3 is 1. The monoisotopic (exact) mass is 558 g/mol. The number of anilines is 2. The summed E-state index contributed by atoms with van der Waals surface area (Å²) in [4.78, 5) is 15.9. The molecule has 2 atom stereocenters. The molecule has 4 rings (SSSR count). The van der Waals surface area contributed by atoms with Crippen molar-refractivity contribution in [3.8, 4) is 11.5 Å². The molecule has 1 N–H and O–H groups in total. The van der Waals surface area contributed by atoms with Gasteiger partial charge in [-0.3, -0.25) is 4.90 Å². The minimum absolute atomic E-state index is 0.0187. The summed E-state index contributed by atoms with van der Waals surface area (Å²) in [5.74, 6) is 1.14. The highest BCUT2D eigenvalue weighted by atomic mass is 35.5. The van der Waals surface area contributed by atoms with Gasteiger partial charge in [-0.2, -0.15) is 0 Å². The van der Waals surface area contributed by atoms with Crippen LogP contribution in [0.3, 0.4) is 0 Å². The van der Waals surface area contributed by atoms with Crippen LogP contribution in [0.15, 0.2) is 36.7 Å². The molecule has 1 aliphatic heterocycles. The number of hydrogen-bond donors (Lipinski definition) is 1. The van der Waals surface area contributed by atoms with E-state index in [4.69, 9.17) is 21.1 Å². The summed E-state index contributed by atoms with van der Waals surface area (Å²) in [6, 6.07) is 8.93. The van der Waals surface area contributed by atoms with Crippen molar-refractivity contribution in [2.45, 2.75) is 38.3 Å². The molecule has 1 aromatic heterocycles. The largest absolute Gasteiger partial charge is 0.493 e. The normalized spacial score (nSPS) is 17.9. The SMILES string of the molecule is CCN(CCCCN(C)C)C[C@@H]1CC(Oc2cc3c(Nc4cccc(Cl)c4F)ncnc3cc2OC)CN1C. The molecule has 2 aromatic carbocycles. The summed E-state index contributed by atoms with van der Waals surface area (Å²) >= 11 is 5.97. The van der Waals surface area contributed by atoms with Crippen LogP contribution in [0.2, 0.25) is 5.02 Å². The van der Waals surface area contributed by atoms with Gasteiger partial charge in [0.05, 0.1) is 23.3 Å². The van der Waals surface area contributed by atoms with E-state index in [-0.39, 0.29) is 16.8 Å². The molecule has 1 unspecified atom stereocenters. The van der Waals surface area contributed by atoms with E-state index < -0.39 is 5.82 Å². The fourth-order valence-corrected chi connectivity index (χ4v) is 5.26. The highest BCUT2D eigenvalue weighted by molar-refractivity contribution is 6.31. The lowest BCUT2D eigenvalue weighted by Gasteiger charge is -2.27. The number of nitrogens with zero attached hydrogens (tertiary/aromatic N) is 5. The Morgan fingerprint density at radius 2 is 1.95 bits per heavy atom. The second-order valence-electron chi connectivity index (χ2n) is 10.4. The first-order valence-corrected chi connectivity index (χ1v) is 13.9. The molecular weight excluding hydrogens is 519 g/mol. The number of ether oxygens (including phenoxy) is 2. The van der Waals surface area contributed by atoms with Gasteiger partial charge in [0, 0.05) is 37.0 Å². The predicted octanol–water partition coefficient (Wildman–Crippen LogP) is 5.29. The van der Waals surface area contributed by atoms with Gasteiger partial charge in [0.15, 0.2) is 17.3 Å². The van der Waals surface area contributed by atoms with Crippen molar-refractivity contribution in [2.24, 2.45) is 0 Å². The Kier molecular flexibility index (Phi) is 10.2. The molecule has 10 heteroatoms. The van der Waals surface area contributed by atoms with Gasteiger partial charge in [0.2, 0.25) is 0 Å². The zero-order chi connectivity index (χ0) is 27.9. The van der Waals surface area contributed by atoms with E-state index in [9.17, 15) is 4.39 Å². The van der Waals surface area contributed by atoms with E-state index in [1.165, 1.54) is 25.2 Å². The van der Waals surface area contributed by atoms with Gasteiger partial charge in [0.25, 0.3) is 0 Å². The van der Waals surface area contributed by atoms with Gasteiger partial charge >= 0.3 is 0 Å². The fraction of sp³-hybridized carbons (Fsp3) is 0.517. The second-order valence-corrected chi connectivity index (χ2v) is 10.8. The van der Waals surface area contributed by atoms with E-state index in [0.29, 0.717) is 34.3 Å². The molecule has 0 saturated carbocycles. The van der Waals surface area contributed by atoms with E-state index in [1.54, 1.807) is 19.2 Å². The van der Waals surface area contributed by atoms with Gasteiger partial charge in [-0.05, 0) is 71.8 Å². The van der Waals surface area contributed by atoms with Crippen molar-refractivity contribution in [3.63, 3.8) is 0 Å².